The predicted molar refractivity (Wildman–Crippen MR) is 80.1 cm³/mol. The van der Waals surface area contributed by atoms with E-state index in [1.807, 2.05) is 11.8 Å². The van der Waals surface area contributed by atoms with Crippen molar-refractivity contribution in [3.63, 3.8) is 0 Å². The highest BCUT2D eigenvalue weighted by molar-refractivity contribution is 6.35. The highest BCUT2D eigenvalue weighted by Crippen LogP contribution is 2.28. The molecule has 1 aliphatic rings. The number of carbonyl (C=O) groups excluding carboxylic acids is 1. The minimum absolute atomic E-state index is 0.118. The van der Waals surface area contributed by atoms with Crippen molar-refractivity contribution in [1.82, 2.24) is 4.90 Å². The van der Waals surface area contributed by atoms with E-state index < -0.39 is 0 Å². The molecule has 0 atom stereocenters. The average molecular weight is 301 g/mol. The molecule has 1 aromatic rings. The van der Waals surface area contributed by atoms with E-state index in [9.17, 15) is 4.79 Å². The maximum atomic E-state index is 12.0. The molecule has 1 N–H and O–H groups in total. The lowest BCUT2D eigenvalue weighted by atomic mass is 10.1. The molecule has 19 heavy (non-hydrogen) atoms. The molecule has 0 unspecified atom stereocenters. The van der Waals surface area contributed by atoms with Crippen LogP contribution in [0.2, 0.25) is 10.0 Å². The minimum Gasteiger partial charge on any atom is -0.375 e. The van der Waals surface area contributed by atoms with Crippen LogP contribution in [-0.2, 0) is 4.79 Å². The molecular formula is C14H18Cl2N2O. The predicted octanol–water partition coefficient (Wildman–Crippen LogP) is 3.73. The maximum Gasteiger partial charge on any atom is 0.241 e. The third-order valence-electron chi connectivity index (χ3n) is 3.39. The normalized spacial score (nSPS) is 15.4. The van der Waals surface area contributed by atoms with Crippen molar-refractivity contribution in [3.05, 3.63) is 27.7 Å². The SMILES string of the molecule is Cc1cc(Cl)c(NCC(=O)N2CCCCC2)cc1Cl. The molecule has 1 amide bonds. The summed E-state index contributed by atoms with van der Waals surface area (Å²) in [5.41, 5.74) is 1.64. The van der Waals surface area contributed by atoms with Crippen molar-refractivity contribution in [1.29, 1.82) is 0 Å². The van der Waals surface area contributed by atoms with Crippen LogP contribution in [-0.4, -0.2) is 30.4 Å². The molecule has 0 aromatic heterocycles. The highest BCUT2D eigenvalue weighted by atomic mass is 35.5. The minimum atomic E-state index is 0.118. The van der Waals surface area contributed by atoms with Crippen molar-refractivity contribution in [3.8, 4) is 0 Å². The summed E-state index contributed by atoms with van der Waals surface area (Å²) >= 11 is 12.2. The third kappa shape index (κ3) is 3.77. The van der Waals surface area contributed by atoms with Crippen LogP contribution in [0.3, 0.4) is 0 Å². The number of benzene rings is 1. The van der Waals surface area contributed by atoms with Crippen LogP contribution in [0.15, 0.2) is 12.1 Å². The Bertz CT molecular complexity index is 471. The number of aryl methyl sites for hydroxylation is 1. The Labute approximate surface area is 123 Å². The molecule has 2 rings (SSSR count). The van der Waals surface area contributed by atoms with Gasteiger partial charge in [-0.3, -0.25) is 4.79 Å². The third-order valence-corrected chi connectivity index (χ3v) is 4.11. The lowest BCUT2D eigenvalue weighted by Gasteiger charge is -2.27. The lowest BCUT2D eigenvalue weighted by Crippen LogP contribution is -2.39. The number of amides is 1. The monoisotopic (exact) mass is 300 g/mol. The van der Waals surface area contributed by atoms with E-state index in [-0.39, 0.29) is 12.5 Å². The topological polar surface area (TPSA) is 32.3 Å². The number of piperidine rings is 1. The second kappa shape index (κ2) is 6.49. The highest BCUT2D eigenvalue weighted by Gasteiger charge is 2.16. The Kier molecular flexibility index (Phi) is 4.94. The first kappa shape index (κ1) is 14.5. The summed E-state index contributed by atoms with van der Waals surface area (Å²) in [5, 5.41) is 4.31. The van der Waals surface area contributed by atoms with Crippen LogP contribution in [0.5, 0.6) is 0 Å². The summed E-state index contributed by atoms with van der Waals surface area (Å²) in [6, 6.07) is 3.57. The Balaban J connectivity index is 1.94. The van der Waals surface area contributed by atoms with E-state index in [1.54, 1.807) is 12.1 Å². The Morgan fingerprint density at radius 3 is 2.58 bits per heavy atom. The van der Waals surface area contributed by atoms with Gasteiger partial charge in [0.15, 0.2) is 0 Å². The van der Waals surface area contributed by atoms with Gasteiger partial charge in [-0.05, 0) is 43.9 Å². The van der Waals surface area contributed by atoms with Crippen LogP contribution >= 0.6 is 23.2 Å². The molecule has 0 spiro atoms. The quantitative estimate of drug-likeness (QED) is 0.922. The molecule has 0 bridgehead atoms. The number of halogens is 2. The van der Waals surface area contributed by atoms with Gasteiger partial charge in [-0.25, -0.2) is 0 Å². The number of rotatable bonds is 3. The van der Waals surface area contributed by atoms with Gasteiger partial charge >= 0.3 is 0 Å². The van der Waals surface area contributed by atoms with Gasteiger partial charge in [-0.15, -0.1) is 0 Å². The molecule has 1 heterocycles. The fraction of sp³-hybridized carbons (Fsp3) is 0.500. The second-order valence-electron chi connectivity index (χ2n) is 4.88. The molecule has 0 radical (unpaired) electrons. The molecule has 1 fully saturated rings. The van der Waals surface area contributed by atoms with Crippen LogP contribution in [0.4, 0.5) is 5.69 Å². The Hall–Kier alpha value is -0.930. The Morgan fingerprint density at radius 2 is 1.89 bits per heavy atom. The molecule has 1 saturated heterocycles. The first-order valence-corrected chi connectivity index (χ1v) is 7.31. The number of hydrogen-bond donors (Lipinski definition) is 1. The van der Waals surface area contributed by atoms with E-state index in [1.165, 1.54) is 6.42 Å². The number of nitrogens with one attached hydrogen (secondary N) is 1. The molecule has 3 nitrogen and oxygen atoms in total. The number of carbonyl (C=O) groups is 1. The van der Waals surface area contributed by atoms with Gasteiger partial charge in [0.25, 0.3) is 0 Å². The number of hydrogen-bond acceptors (Lipinski definition) is 2. The van der Waals surface area contributed by atoms with Crippen LogP contribution < -0.4 is 5.32 Å². The summed E-state index contributed by atoms with van der Waals surface area (Å²) in [7, 11) is 0. The zero-order valence-electron chi connectivity index (χ0n) is 11.0. The van der Waals surface area contributed by atoms with Crippen molar-refractivity contribution in [2.45, 2.75) is 26.2 Å². The van der Waals surface area contributed by atoms with Crippen LogP contribution in [0, 0.1) is 6.92 Å². The number of anilines is 1. The Morgan fingerprint density at radius 1 is 1.21 bits per heavy atom. The molecule has 0 saturated carbocycles. The van der Waals surface area contributed by atoms with Gasteiger partial charge in [-0.2, -0.15) is 0 Å². The summed E-state index contributed by atoms with van der Waals surface area (Å²) in [4.78, 5) is 13.9. The molecular weight excluding hydrogens is 283 g/mol. The van der Waals surface area contributed by atoms with Gasteiger partial charge < -0.3 is 10.2 Å². The van der Waals surface area contributed by atoms with E-state index in [2.05, 4.69) is 5.32 Å². The van der Waals surface area contributed by atoms with Crippen molar-refractivity contribution in [2.75, 3.05) is 25.0 Å². The van der Waals surface area contributed by atoms with Gasteiger partial charge in [0.05, 0.1) is 17.3 Å². The summed E-state index contributed by atoms with van der Waals surface area (Å²) in [6.45, 7) is 3.89. The van der Waals surface area contributed by atoms with Crippen molar-refractivity contribution >= 4 is 34.8 Å². The second-order valence-corrected chi connectivity index (χ2v) is 5.69. The fourth-order valence-electron chi connectivity index (χ4n) is 2.21. The molecule has 104 valence electrons. The van der Waals surface area contributed by atoms with Crippen molar-refractivity contribution in [2.24, 2.45) is 0 Å². The summed E-state index contributed by atoms with van der Waals surface area (Å²) < 4.78 is 0. The maximum absolute atomic E-state index is 12.0. The van der Waals surface area contributed by atoms with Crippen LogP contribution in [0.1, 0.15) is 24.8 Å². The van der Waals surface area contributed by atoms with E-state index >= 15 is 0 Å². The van der Waals surface area contributed by atoms with Gasteiger partial charge in [0.1, 0.15) is 0 Å². The van der Waals surface area contributed by atoms with Crippen LogP contribution in [0.25, 0.3) is 0 Å². The van der Waals surface area contributed by atoms with Gasteiger partial charge in [-0.1, -0.05) is 23.2 Å². The smallest absolute Gasteiger partial charge is 0.241 e. The lowest BCUT2D eigenvalue weighted by molar-refractivity contribution is -0.130. The molecule has 0 aliphatic carbocycles. The largest absolute Gasteiger partial charge is 0.375 e. The molecule has 5 heteroatoms. The van der Waals surface area contributed by atoms with E-state index in [0.29, 0.717) is 15.7 Å². The number of nitrogens with zero attached hydrogens (tertiary/aromatic N) is 1. The zero-order valence-corrected chi connectivity index (χ0v) is 12.5. The molecule has 1 aliphatic heterocycles. The average Bonchev–Trinajstić information content (AvgIpc) is 2.42. The standard InChI is InChI=1S/C14H18Cl2N2O/c1-10-7-12(16)13(8-11(10)15)17-9-14(19)18-5-3-2-4-6-18/h7-8,17H,2-6,9H2,1H3. The summed E-state index contributed by atoms with van der Waals surface area (Å²) in [6.07, 6.45) is 3.42. The summed E-state index contributed by atoms with van der Waals surface area (Å²) in [5.74, 6) is 0.118. The fourth-order valence-corrected chi connectivity index (χ4v) is 2.66. The zero-order chi connectivity index (χ0) is 13.8. The first-order chi connectivity index (χ1) is 9.08. The molecule has 1 aromatic carbocycles. The van der Waals surface area contributed by atoms with E-state index in [0.717, 1.165) is 31.5 Å². The first-order valence-electron chi connectivity index (χ1n) is 6.55. The van der Waals surface area contributed by atoms with Crippen molar-refractivity contribution < 1.29 is 4.79 Å². The number of likely N-dealkylation sites (tertiary alicyclic amines) is 1. The van der Waals surface area contributed by atoms with Gasteiger partial charge in [0.2, 0.25) is 5.91 Å². The van der Waals surface area contributed by atoms with E-state index in [4.69, 9.17) is 23.2 Å². The van der Waals surface area contributed by atoms with Gasteiger partial charge in [0, 0.05) is 18.1 Å².